The monoisotopic (exact) mass is 300 g/mol. The molecule has 0 saturated heterocycles. The fraction of sp³-hybridized carbons (Fsp3) is 0.312. The first-order valence-corrected chi connectivity index (χ1v) is 7.04. The zero-order valence-corrected chi connectivity index (χ0v) is 13.3. The average molecular weight is 300 g/mol. The van der Waals surface area contributed by atoms with E-state index in [0.717, 1.165) is 17.0 Å². The van der Waals surface area contributed by atoms with Crippen molar-refractivity contribution in [2.75, 3.05) is 19.1 Å². The van der Waals surface area contributed by atoms with E-state index in [1.165, 1.54) is 0 Å². The van der Waals surface area contributed by atoms with Gasteiger partial charge in [-0.1, -0.05) is 0 Å². The summed E-state index contributed by atoms with van der Waals surface area (Å²) in [5.74, 6) is 1.87. The zero-order chi connectivity index (χ0) is 15.9. The lowest BCUT2D eigenvalue weighted by Gasteiger charge is -2.09. The predicted molar refractivity (Wildman–Crippen MR) is 86.9 cm³/mol. The maximum absolute atomic E-state index is 5.48. The second kappa shape index (κ2) is 7.40. The van der Waals surface area contributed by atoms with Crippen molar-refractivity contribution in [3.63, 3.8) is 0 Å². The summed E-state index contributed by atoms with van der Waals surface area (Å²) in [5, 5.41) is 4.15. The fourth-order valence-corrected chi connectivity index (χ4v) is 1.98. The SMILES string of the molecule is CCOc1ccc(/C=N\Nc2nc(C)cc(C)n2)cc1OC. The van der Waals surface area contributed by atoms with E-state index in [0.29, 0.717) is 24.1 Å². The molecule has 0 aliphatic rings. The lowest BCUT2D eigenvalue weighted by molar-refractivity contribution is 0.311. The Kier molecular flexibility index (Phi) is 5.30. The molecule has 0 saturated carbocycles. The number of ether oxygens (including phenoxy) is 2. The van der Waals surface area contributed by atoms with Crippen LogP contribution in [0.2, 0.25) is 0 Å². The van der Waals surface area contributed by atoms with Gasteiger partial charge in [-0.3, -0.25) is 0 Å². The first-order valence-electron chi connectivity index (χ1n) is 7.04. The molecule has 6 heteroatoms. The van der Waals surface area contributed by atoms with Crippen molar-refractivity contribution < 1.29 is 9.47 Å². The van der Waals surface area contributed by atoms with Gasteiger partial charge in [0.05, 0.1) is 19.9 Å². The summed E-state index contributed by atoms with van der Waals surface area (Å²) in [6.45, 7) is 6.36. The van der Waals surface area contributed by atoms with Gasteiger partial charge in [0.15, 0.2) is 11.5 Å². The number of methoxy groups -OCH3 is 1. The number of aryl methyl sites for hydroxylation is 2. The van der Waals surface area contributed by atoms with Crippen LogP contribution in [0.3, 0.4) is 0 Å². The van der Waals surface area contributed by atoms with Crippen LogP contribution < -0.4 is 14.9 Å². The van der Waals surface area contributed by atoms with Crippen molar-refractivity contribution in [2.45, 2.75) is 20.8 Å². The second-order valence-electron chi connectivity index (χ2n) is 4.69. The first kappa shape index (κ1) is 15.8. The highest BCUT2D eigenvalue weighted by Gasteiger charge is 2.04. The van der Waals surface area contributed by atoms with Gasteiger partial charge in [-0.25, -0.2) is 15.4 Å². The molecule has 1 heterocycles. The summed E-state index contributed by atoms with van der Waals surface area (Å²) in [5.41, 5.74) is 5.51. The molecular weight excluding hydrogens is 280 g/mol. The Hall–Kier alpha value is -2.63. The Balaban J connectivity index is 2.09. The minimum absolute atomic E-state index is 0.478. The molecule has 2 rings (SSSR count). The molecule has 0 spiro atoms. The van der Waals surface area contributed by atoms with Gasteiger partial charge in [-0.2, -0.15) is 5.10 Å². The molecule has 0 bridgehead atoms. The summed E-state index contributed by atoms with van der Waals surface area (Å²) in [6, 6.07) is 7.53. The molecule has 22 heavy (non-hydrogen) atoms. The van der Waals surface area contributed by atoms with Gasteiger partial charge in [0, 0.05) is 11.4 Å². The number of hydrogen-bond donors (Lipinski definition) is 1. The molecule has 0 radical (unpaired) electrons. The van der Waals surface area contributed by atoms with Crippen molar-refractivity contribution in [1.82, 2.24) is 9.97 Å². The third-order valence-corrected chi connectivity index (χ3v) is 2.85. The van der Waals surface area contributed by atoms with Crippen LogP contribution in [-0.4, -0.2) is 29.9 Å². The molecule has 0 amide bonds. The molecule has 0 fully saturated rings. The number of hydrogen-bond acceptors (Lipinski definition) is 6. The molecule has 1 aromatic carbocycles. The summed E-state index contributed by atoms with van der Waals surface area (Å²) < 4.78 is 10.8. The smallest absolute Gasteiger partial charge is 0.243 e. The van der Waals surface area contributed by atoms with Gasteiger partial charge < -0.3 is 9.47 Å². The molecule has 6 nitrogen and oxygen atoms in total. The van der Waals surface area contributed by atoms with Gasteiger partial charge in [0.1, 0.15) is 0 Å². The summed E-state index contributed by atoms with van der Waals surface area (Å²) in [7, 11) is 1.61. The Morgan fingerprint density at radius 3 is 2.50 bits per heavy atom. The van der Waals surface area contributed by atoms with Gasteiger partial charge in [0.2, 0.25) is 5.95 Å². The lowest BCUT2D eigenvalue weighted by Crippen LogP contribution is -2.00. The van der Waals surface area contributed by atoms with Crippen LogP contribution >= 0.6 is 0 Å². The van der Waals surface area contributed by atoms with Crippen LogP contribution in [0, 0.1) is 13.8 Å². The summed E-state index contributed by atoms with van der Waals surface area (Å²) >= 11 is 0. The minimum atomic E-state index is 0.478. The van der Waals surface area contributed by atoms with Crippen molar-refractivity contribution in [3.8, 4) is 11.5 Å². The van der Waals surface area contributed by atoms with E-state index < -0.39 is 0 Å². The number of anilines is 1. The Bertz CT molecular complexity index is 651. The van der Waals surface area contributed by atoms with E-state index >= 15 is 0 Å². The normalized spacial score (nSPS) is 10.7. The standard InChI is InChI=1S/C16H20N4O2/c1-5-22-14-7-6-13(9-15(14)21-4)10-17-20-16-18-11(2)8-12(3)19-16/h6-10H,5H2,1-4H3,(H,18,19,20)/b17-10-. The number of hydrazone groups is 1. The van der Waals surface area contributed by atoms with E-state index in [1.807, 2.05) is 45.0 Å². The number of benzene rings is 1. The average Bonchev–Trinajstić information content (AvgIpc) is 2.48. The largest absolute Gasteiger partial charge is 0.493 e. The van der Waals surface area contributed by atoms with E-state index in [1.54, 1.807) is 13.3 Å². The highest BCUT2D eigenvalue weighted by molar-refractivity contribution is 5.81. The third kappa shape index (κ3) is 4.18. The topological polar surface area (TPSA) is 68.6 Å². The molecule has 1 aromatic heterocycles. The molecule has 0 unspecified atom stereocenters. The van der Waals surface area contributed by atoms with E-state index in [2.05, 4.69) is 20.5 Å². The maximum Gasteiger partial charge on any atom is 0.243 e. The van der Waals surface area contributed by atoms with Crippen LogP contribution in [-0.2, 0) is 0 Å². The first-order chi connectivity index (χ1) is 10.6. The van der Waals surface area contributed by atoms with Gasteiger partial charge in [0.25, 0.3) is 0 Å². The van der Waals surface area contributed by atoms with Crippen LogP contribution in [0.5, 0.6) is 11.5 Å². The molecule has 0 aliphatic carbocycles. The van der Waals surface area contributed by atoms with Crippen LogP contribution in [0.15, 0.2) is 29.4 Å². The maximum atomic E-state index is 5.48. The molecule has 0 aliphatic heterocycles. The van der Waals surface area contributed by atoms with Crippen molar-refractivity contribution in [1.29, 1.82) is 0 Å². The van der Waals surface area contributed by atoms with Crippen LogP contribution in [0.4, 0.5) is 5.95 Å². The van der Waals surface area contributed by atoms with Crippen molar-refractivity contribution in [3.05, 3.63) is 41.2 Å². The Morgan fingerprint density at radius 2 is 1.86 bits per heavy atom. The number of rotatable bonds is 6. The van der Waals surface area contributed by atoms with Crippen molar-refractivity contribution >= 4 is 12.2 Å². The Labute approximate surface area is 130 Å². The highest BCUT2D eigenvalue weighted by atomic mass is 16.5. The predicted octanol–water partition coefficient (Wildman–Crippen LogP) is 2.95. The Morgan fingerprint density at radius 1 is 1.14 bits per heavy atom. The zero-order valence-electron chi connectivity index (χ0n) is 13.3. The van der Waals surface area contributed by atoms with Crippen LogP contribution in [0.1, 0.15) is 23.9 Å². The highest BCUT2D eigenvalue weighted by Crippen LogP contribution is 2.27. The summed E-state index contributed by atoms with van der Waals surface area (Å²) in [4.78, 5) is 8.51. The fourth-order valence-electron chi connectivity index (χ4n) is 1.98. The van der Waals surface area contributed by atoms with Crippen molar-refractivity contribution in [2.24, 2.45) is 5.10 Å². The van der Waals surface area contributed by atoms with Gasteiger partial charge >= 0.3 is 0 Å². The minimum Gasteiger partial charge on any atom is -0.493 e. The lowest BCUT2D eigenvalue weighted by atomic mass is 10.2. The second-order valence-corrected chi connectivity index (χ2v) is 4.69. The van der Waals surface area contributed by atoms with Crippen LogP contribution in [0.25, 0.3) is 0 Å². The molecule has 0 atom stereocenters. The number of nitrogens with one attached hydrogen (secondary N) is 1. The number of nitrogens with zero attached hydrogens (tertiary/aromatic N) is 3. The quantitative estimate of drug-likeness (QED) is 0.656. The van der Waals surface area contributed by atoms with Gasteiger partial charge in [-0.15, -0.1) is 0 Å². The van der Waals surface area contributed by atoms with E-state index in [-0.39, 0.29) is 0 Å². The van der Waals surface area contributed by atoms with E-state index in [9.17, 15) is 0 Å². The molecule has 1 N–H and O–H groups in total. The molecule has 2 aromatic rings. The number of aromatic nitrogens is 2. The molecular formula is C16H20N4O2. The van der Waals surface area contributed by atoms with Gasteiger partial charge in [-0.05, 0) is 50.6 Å². The third-order valence-electron chi connectivity index (χ3n) is 2.85. The summed E-state index contributed by atoms with van der Waals surface area (Å²) in [6.07, 6.45) is 1.68. The molecule has 116 valence electrons. The van der Waals surface area contributed by atoms with E-state index in [4.69, 9.17) is 9.47 Å².